The number of nitrogens with zero attached hydrogens (tertiary/aromatic N) is 5. The molecule has 0 spiro atoms. The minimum absolute atomic E-state index is 0.0424. The van der Waals surface area contributed by atoms with Gasteiger partial charge in [-0.1, -0.05) is 0 Å². The Balaban J connectivity index is 1.70. The van der Waals surface area contributed by atoms with E-state index in [0.29, 0.717) is 22.8 Å². The van der Waals surface area contributed by atoms with E-state index >= 15 is 0 Å². The number of pyridine rings is 2. The van der Waals surface area contributed by atoms with Crippen LogP contribution in [0.3, 0.4) is 0 Å². The van der Waals surface area contributed by atoms with Crippen molar-refractivity contribution in [3.05, 3.63) is 59.8 Å². The number of aryl methyl sites for hydroxylation is 1. The molecule has 4 aromatic rings. The number of imidazole rings is 1. The quantitative estimate of drug-likeness (QED) is 0.559. The van der Waals surface area contributed by atoms with Gasteiger partial charge in [-0.25, -0.2) is 4.98 Å². The Hall–Kier alpha value is -3.79. The van der Waals surface area contributed by atoms with E-state index in [4.69, 9.17) is 4.98 Å². The molecule has 1 fully saturated rings. The van der Waals surface area contributed by atoms with Gasteiger partial charge in [-0.15, -0.1) is 0 Å². The number of nitrogens with one attached hydrogen (secondary N) is 1. The third-order valence-corrected chi connectivity index (χ3v) is 5.42. The van der Waals surface area contributed by atoms with E-state index in [1.807, 2.05) is 35.8 Å². The Morgan fingerprint density at radius 3 is 2.87 bits per heavy atom. The van der Waals surface area contributed by atoms with Crippen LogP contribution in [-0.4, -0.2) is 32.0 Å². The lowest BCUT2D eigenvalue weighted by molar-refractivity contribution is -0.120. The number of carbonyl (C=O) groups excluding carboxylic acids is 1. The van der Waals surface area contributed by atoms with Crippen LogP contribution < -0.4 is 5.32 Å². The standard InChI is InChI=1S/C23H20N6O/c1-14-8-17(6-7-25-14)29-21(10-22(30)27-12-15-2-3-15)28-20-13-26-19-5-4-16(11-24)9-18(19)23(20)29/h4-9,13,15H,2-3,10,12H2,1H3,(H,27,30). The maximum atomic E-state index is 12.6. The first kappa shape index (κ1) is 18.3. The number of fused-ring (bicyclic) bond motifs is 3. The van der Waals surface area contributed by atoms with Crippen molar-refractivity contribution in [3.8, 4) is 11.8 Å². The van der Waals surface area contributed by atoms with Crippen LogP contribution in [0.2, 0.25) is 0 Å². The zero-order chi connectivity index (χ0) is 20.7. The van der Waals surface area contributed by atoms with E-state index in [-0.39, 0.29) is 12.3 Å². The van der Waals surface area contributed by atoms with E-state index in [1.165, 1.54) is 12.8 Å². The van der Waals surface area contributed by atoms with E-state index in [0.717, 1.165) is 34.3 Å². The third-order valence-electron chi connectivity index (χ3n) is 5.42. The van der Waals surface area contributed by atoms with Gasteiger partial charge in [0.2, 0.25) is 5.91 Å². The molecule has 30 heavy (non-hydrogen) atoms. The van der Waals surface area contributed by atoms with Crippen LogP contribution >= 0.6 is 0 Å². The van der Waals surface area contributed by atoms with E-state index < -0.39 is 0 Å². The van der Waals surface area contributed by atoms with Gasteiger partial charge in [-0.3, -0.25) is 19.3 Å². The smallest absolute Gasteiger partial charge is 0.227 e. The molecule has 3 aromatic heterocycles. The lowest BCUT2D eigenvalue weighted by atomic mass is 10.1. The van der Waals surface area contributed by atoms with Gasteiger partial charge < -0.3 is 5.32 Å². The monoisotopic (exact) mass is 396 g/mol. The molecule has 0 unspecified atom stereocenters. The van der Waals surface area contributed by atoms with Crippen LogP contribution in [0.5, 0.6) is 0 Å². The fraction of sp³-hybridized carbons (Fsp3) is 0.261. The SMILES string of the molecule is Cc1cc(-n2c(CC(=O)NCC3CC3)nc3cnc4ccc(C#N)cc4c32)ccn1. The molecular weight excluding hydrogens is 376 g/mol. The fourth-order valence-corrected chi connectivity index (χ4v) is 3.73. The summed E-state index contributed by atoms with van der Waals surface area (Å²) in [6.07, 6.45) is 6.02. The van der Waals surface area contributed by atoms with Crippen LogP contribution in [0.4, 0.5) is 0 Å². The molecule has 1 saturated carbocycles. The molecular formula is C23H20N6O. The topological polar surface area (TPSA) is 96.5 Å². The summed E-state index contributed by atoms with van der Waals surface area (Å²) in [5, 5.41) is 13.2. The highest BCUT2D eigenvalue weighted by molar-refractivity contribution is 6.03. The van der Waals surface area contributed by atoms with Crippen molar-refractivity contribution < 1.29 is 4.79 Å². The van der Waals surface area contributed by atoms with Crippen molar-refractivity contribution in [3.63, 3.8) is 0 Å². The second kappa shape index (κ2) is 7.23. The molecule has 7 nitrogen and oxygen atoms in total. The third kappa shape index (κ3) is 3.37. The Morgan fingerprint density at radius 2 is 2.10 bits per heavy atom. The number of rotatable bonds is 5. The first-order valence-electron chi connectivity index (χ1n) is 10.0. The van der Waals surface area contributed by atoms with Gasteiger partial charge in [-0.05, 0) is 56.0 Å². The van der Waals surface area contributed by atoms with Crippen LogP contribution in [0, 0.1) is 24.2 Å². The molecule has 1 aliphatic carbocycles. The number of hydrogen-bond donors (Lipinski definition) is 1. The molecule has 1 aliphatic rings. The lowest BCUT2D eigenvalue weighted by Crippen LogP contribution is -2.28. The molecule has 1 amide bonds. The summed E-state index contributed by atoms with van der Waals surface area (Å²) in [5.74, 6) is 1.22. The van der Waals surface area contributed by atoms with Crippen molar-refractivity contribution in [2.24, 2.45) is 5.92 Å². The summed E-state index contributed by atoms with van der Waals surface area (Å²) in [6, 6.07) is 11.5. The minimum Gasteiger partial charge on any atom is -0.355 e. The molecule has 7 heteroatoms. The normalized spacial score (nSPS) is 13.5. The van der Waals surface area contributed by atoms with Crippen molar-refractivity contribution in [1.82, 2.24) is 24.8 Å². The summed E-state index contributed by atoms with van der Waals surface area (Å²) in [6.45, 7) is 2.65. The predicted octanol–water partition coefficient (Wildman–Crippen LogP) is 3.22. The highest BCUT2D eigenvalue weighted by Crippen LogP contribution is 2.29. The summed E-state index contributed by atoms with van der Waals surface area (Å²) >= 11 is 0. The molecule has 0 aliphatic heterocycles. The maximum absolute atomic E-state index is 12.6. The molecule has 1 aromatic carbocycles. The molecule has 3 heterocycles. The molecule has 5 rings (SSSR count). The molecule has 0 bridgehead atoms. The molecule has 148 valence electrons. The summed E-state index contributed by atoms with van der Waals surface area (Å²) in [5.41, 5.74) is 4.61. The van der Waals surface area contributed by atoms with Gasteiger partial charge in [0.25, 0.3) is 0 Å². The van der Waals surface area contributed by atoms with E-state index in [2.05, 4.69) is 21.4 Å². The largest absolute Gasteiger partial charge is 0.355 e. The highest BCUT2D eigenvalue weighted by atomic mass is 16.1. The Kier molecular flexibility index (Phi) is 4.40. The Bertz CT molecular complexity index is 1330. The zero-order valence-electron chi connectivity index (χ0n) is 16.6. The molecule has 0 radical (unpaired) electrons. The fourth-order valence-electron chi connectivity index (χ4n) is 3.73. The van der Waals surface area contributed by atoms with E-state index in [9.17, 15) is 10.1 Å². The van der Waals surface area contributed by atoms with Gasteiger partial charge >= 0.3 is 0 Å². The maximum Gasteiger partial charge on any atom is 0.227 e. The average molecular weight is 396 g/mol. The number of nitriles is 1. The number of benzene rings is 1. The van der Waals surface area contributed by atoms with Crippen LogP contribution in [0.1, 0.15) is 29.9 Å². The van der Waals surface area contributed by atoms with Crippen LogP contribution in [-0.2, 0) is 11.2 Å². The second-order valence-electron chi connectivity index (χ2n) is 7.78. The van der Waals surface area contributed by atoms with Crippen molar-refractivity contribution >= 4 is 27.8 Å². The Morgan fingerprint density at radius 1 is 1.23 bits per heavy atom. The van der Waals surface area contributed by atoms with Crippen molar-refractivity contribution in [2.45, 2.75) is 26.2 Å². The summed E-state index contributed by atoms with van der Waals surface area (Å²) < 4.78 is 1.99. The van der Waals surface area contributed by atoms with Gasteiger partial charge in [0.05, 0.1) is 41.0 Å². The predicted molar refractivity (Wildman–Crippen MR) is 113 cm³/mol. The first-order chi connectivity index (χ1) is 14.6. The second-order valence-corrected chi connectivity index (χ2v) is 7.78. The summed E-state index contributed by atoms with van der Waals surface area (Å²) in [7, 11) is 0. The average Bonchev–Trinajstić information content (AvgIpc) is 3.51. The van der Waals surface area contributed by atoms with Crippen molar-refractivity contribution in [1.29, 1.82) is 5.26 Å². The van der Waals surface area contributed by atoms with Crippen LogP contribution in [0.15, 0.2) is 42.7 Å². The number of amides is 1. The molecule has 0 saturated heterocycles. The minimum atomic E-state index is -0.0424. The van der Waals surface area contributed by atoms with Gasteiger partial charge in [0.1, 0.15) is 11.3 Å². The van der Waals surface area contributed by atoms with Gasteiger partial charge in [0, 0.05) is 23.8 Å². The summed E-state index contributed by atoms with van der Waals surface area (Å²) in [4.78, 5) is 26.1. The first-order valence-corrected chi connectivity index (χ1v) is 10.0. The van der Waals surface area contributed by atoms with Crippen molar-refractivity contribution in [2.75, 3.05) is 6.54 Å². The number of hydrogen-bond acceptors (Lipinski definition) is 5. The zero-order valence-corrected chi connectivity index (χ0v) is 16.6. The van der Waals surface area contributed by atoms with E-state index in [1.54, 1.807) is 18.5 Å². The number of carbonyl (C=O) groups is 1. The molecule has 1 N–H and O–H groups in total. The van der Waals surface area contributed by atoms with Gasteiger partial charge in [0.15, 0.2) is 0 Å². The molecule has 0 atom stereocenters. The highest BCUT2D eigenvalue weighted by Gasteiger charge is 2.23. The van der Waals surface area contributed by atoms with Gasteiger partial charge in [-0.2, -0.15) is 5.26 Å². The lowest BCUT2D eigenvalue weighted by Gasteiger charge is -2.11. The number of aromatic nitrogens is 4. The van der Waals surface area contributed by atoms with Crippen LogP contribution in [0.25, 0.3) is 27.6 Å². The Labute approximate surface area is 173 Å².